The number of carbonyl (C=O) groups is 2. The number of unbranched alkanes of at least 4 members (excludes halogenated alkanes) is 1. The Labute approximate surface area is 135 Å². The van der Waals surface area contributed by atoms with Crippen LogP contribution < -0.4 is 14.8 Å². The van der Waals surface area contributed by atoms with Gasteiger partial charge in [-0.25, -0.2) is 4.79 Å². The lowest BCUT2D eigenvalue weighted by Gasteiger charge is -2.23. The Morgan fingerprint density at radius 1 is 1.22 bits per heavy atom. The van der Waals surface area contributed by atoms with E-state index in [0.29, 0.717) is 36.8 Å². The van der Waals surface area contributed by atoms with Gasteiger partial charge < -0.3 is 14.8 Å². The average Bonchev–Trinajstić information content (AvgIpc) is 2.72. The van der Waals surface area contributed by atoms with Gasteiger partial charge in [-0.05, 0) is 31.0 Å². The molecule has 2 aliphatic rings. The molecule has 0 aliphatic carbocycles. The third-order valence-electron chi connectivity index (χ3n) is 4.34. The van der Waals surface area contributed by atoms with E-state index < -0.39 is 5.54 Å². The van der Waals surface area contributed by atoms with Gasteiger partial charge in [0.1, 0.15) is 5.54 Å². The van der Waals surface area contributed by atoms with Crippen molar-refractivity contribution in [2.24, 2.45) is 0 Å². The minimum atomic E-state index is -1.06. The Morgan fingerprint density at radius 3 is 2.70 bits per heavy atom. The molecule has 0 bridgehead atoms. The quantitative estimate of drug-likeness (QED) is 0.866. The lowest BCUT2D eigenvalue weighted by molar-refractivity contribution is -0.131. The topological polar surface area (TPSA) is 67.9 Å². The van der Waals surface area contributed by atoms with Crippen molar-refractivity contribution >= 4 is 11.9 Å². The standard InChI is InChI=1S/C17H22N2O4/c1-3-4-8-19-15(20)17(2,18-16(19)21)12-6-7-13-14(11-12)23-10-5-9-22-13/h6-7,11H,3-5,8-10H2,1-2H3,(H,18,21)/t17-/m1/s1. The molecule has 1 aromatic carbocycles. The van der Waals surface area contributed by atoms with Crippen molar-refractivity contribution in [1.29, 1.82) is 0 Å². The second-order valence-corrected chi connectivity index (χ2v) is 6.08. The third kappa shape index (κ3) is 2.73. The highest BCUT2D eigenvalue weighted by Gasteiger charge is 2.48. The van der Waals surface area contributed by atoms with Crippen LogP contribution in [-0.4, -0.2) is 36.6 Å². The fourth-order valence-corrected chi connectivity index (χ4v) is 2.89. The van der Waals surface area contributed by atoms with Gasteiger partial charge >= 0.3 is 6.03 Å². The first-order valence-corrected chi connectivity index (χ1v) is 8.10. The minimum Gasteiger partial charge on any atom is -0.490 e. The molecule has 3 rings (SSSR count). The van der Waals surface area contributed by atoms with Crippen LogP contribution >= 0.6 is 0 Å². The van der Waals surface area contributed by atoms with E-state index in [2.05, 4.69) is 5.32 Å². The summed E-state index contributed by atoms with van der Waals surface area (Å²) in [6.07, 6.45) is 2.55. The normalized spacial score (nSPS) is 23.7. The second-order valence-electron chi connectivity index (χ2n) is 6.08. The number of hydrogen-bond donors (Lipinski definition) is 1. The highest BCUT2D eigenvalue weighted by Crippen LogP contribution is 2.36. The molecule has 23 heavy (non-hydrogen) atoms. The molecule has 0 saturated carbocycles. The Balaban J connectivity index is 1.90. The number of fused-ring (bicyclic) bond motifs is 1. The highest BCUT2D eigenvalue weighted by molar-refractivity contribution is 6.07. The number of hydrogen-bond acceptors (Lipinski definition) is 4. The monoisotopic (exact) mass is 318 g/mol. The fraction of sp³-hybridized carbons (Fsp3) is 0.529. The molecule has 2 aliphatic heterocycles. The van der Waals surface area contributed by atoms with Gasteiger partial charge in [-0.1, -0.05) is 19.4 Å². The van der Waals surface area contributed by atoms with Crippen molar-refractivity contribution in [2.75, 3.05) is 19.8 Å². The maximum absolute atomic E-state index is 12.8. The Hall–Kier alpha value is -2.24. The van der Waals surface area contributed by atoms with Gasteiger partial charge in [0.05, 0.1) is 13.2 Å². The van der Waals surface area contributed by atoms with Crippen LogP contribution in [0.2, 0.25) is 0 Å². The molecule has 0 aromatic heterocycles. The number of carbonyl (C=O) groups excluding carboxylic acids is 2. The van der Waals surface area contributed by atoms with E-state index in [4.69, 9.17) is 9.47 Å². The van der Waals surface area contributed by atoms with Gasteiger partial charge in [0, 0.05) is 13.0 Å². The smallest absolute Gasteiger partial charge is 0.325 e. The molecule has 6 nitrogen and oxygen atoms in total. The number of urea groups is 1. The van der Waals surface area contributed by atoms with Gasteiger partial charge in [-0.2, -0.15) is 0 Å². The van der Waals surface area contributed by atoms with E-state index in [1.54, 1.807) is 19.1 Å². The number of benzene rings is 1. The van der Waals surface area contributed by atoms with Crippen molar-refractivity contribution in [1.82, 2.24) is 10.2 Å². The summed E-state index contributed by atoms with van der Waals surface area (Å²) in [5.41, 5.74) is -0.353. The molecule has 1 atom stereocenters. The Bertz CT molecular complexity index is 631. The maximum atomic E-state index is 12.8. The number of nitrogens with zero attached hydrogens (tertiary/aromatic N) is 1. The highest BCUT2D eigenvalue weighted by atomic mass is 16.5. The predicted octanol–water partition coefficient (Wildman–Crippen LogP) is 2.42. The molecule has 6 heteroatoms. The molecule has 0 radical (unpaired) electrons. The van der Waals surface area contributed by atoms with E-state index in [1.807, 2.05) is 13.0 Å². The first kappa shape index (κ1) is 15.6. The van der Waals surface area contributed by atoms with Crippen LogP contribution in [0.3, 0.4) is 0 Å². The van der Waals surface area contributed by atoms with Gasteiger partial charge in [-0.3, -0.25) is 9.69 Å². The number of rotatable bonds is 4. The molecule has 124 valence electrons. The summed E-state index contributed by atoms with van der Waals surface area (Å²) in [4.78, 5) is 26.2. The maximum Gasteiger partial charge on any atom is 0.325 e. The van der Waals surface area contributed by atoms with E-state index in [0.717, 1.165) is 19.3 Å². The molecule has 1 aromatic rings. The van der Waals surface area contributed by atoms with Crippen molar-refractivity contribution in [3.05, 3.63) is 23.8 Å². The van der Waals surface area contributed by atoms with Crippen LogP contribution in [0.25, 0.3) is 0 Å². The molecule has 1 fully saturated rings. The van der Waals surface area contributed by atoms with Crippen molar-refractivity contribution in [2.45, 2.75) is 38.6 Å². The van der Waals surface area contributed by atoms with Crippen LogP contribution in [0.15, 0.2) is 18.2 Å². The zero-order chi connectivity index (χ0) is 16.4. The van der Waals surface area contributed by atoms with Crippen molar-refractivity contribution in [3.8, 4) is 11.5 Å². The molecule has 3 amide bonds. The van der Waals surface area contributed by atoms with Crippen LogP contribution in [0.1, 0.15) is 38.7 Å². The summed E-state index contributed by atoms with van der Waals surface area (Å²) in [7, 11) is 0. The van der Waals surface area contributed by atoms with Crippen LogP contribution in [0.5, 0.6) is 11.5 Å². The first-order valence-electron chi connectivity index (χ1n) is 8.10. The Kier molecular flexibility index (Phi) is 4.15. The SMILES string of the molecule is CCCCN1C(=O)N[C@](C)(c2ccc3c(c2)OCCCO3)C1=O. The lowest BCUT2D eigenvalue weighted by Crippen LogP contribution is -2.41. The number of amides is 3. The van der Waals surface area contributed by atoms with E-state index >= 15 is 0 Å². The summed E-state index contributed by atoms with van der Waals surface area (Å²) < 4.78 is 11.3. The minimum absolute atomic E-state index is 0.217. The lowest BCUT2D eigenvalue weighted by atomic mass is 9.91. The summed E-state index contributed by atoms with van der Waals surface area (Å²) in [6.45, 7) is 5.40. The first-order chi connectivity index (χ1) is 11.1. The van der Waals surface area contributed by atoms with Gasteiger partial charge in [0.25, 0.3) is 5.91 Å². The summed E-state index contributed by atoms with van der Waals surface area (Å²) >= 11 is 0. The third-order valence-corrected chi connectivity index (χ3v) is 4.34. The van der Waals surface area contributed by atoms with Gasteiger partial charge in [0.2, 0.25) is 0 Å². The largest absolute Gasteiger partial charge is 0.490 e. The molecular formula is C17H22N2O4. The number of imide groups is 1. The molecule has 1 N–H and O–H groups in total. The molecule has 0 spiro atoms. The molecule has 0 unspecified atom stereocenters. The van der Waals surface area contributed by atoms with E-state index in [9.17, 15) is 9.59 Å². The molecule has 1 saturated heterocycles. The zero-order valence-electron chi connectivity index (χ0n) is 13.6. The Morgan fingerprint density at radius 2 is 1.96 bits per heavy atom. The van der Waals surface area contributed by atoms with Crippen molar-refractivity contribution < 1.29 is 19.1 Å². The summed E-state index contributed by atoms with van der Waals surface area (Å²) in [5, 5.41) is 2.82. The summed E-state index contributed by atoms with van der Waals surface area (Å²) in [5.74, 6) is 1.08. The van der Waals surface area contributed by atoms with Crippen LogP contribution in [0, 0.1) is 0 Å². The molecular weight excluding hydrogens is 296 g/mol. The number of ether oxygens (including phenoxy) is 2. The van der Waals surface area contributed by atoms with E-state index in [1.165, 1.54) is 4.90 Å². The van der Waals surface area contributed by atoms with Crippen LogP contribution in [-0.2, 0) is 10.3 Å². The second kappa shape index (κ2) is 6.10. The van der Waals surface area contributed by atoms with Gasteiger partial charge in [0.15, 0.2) is 11.5 Å². The van der Waals surface area contributed by atoms with Crippen molar-refractivity contribution in [3.63, 3.8) is 0 Å². The zero-order valence-corrected chi connectivity index (χ0v) is 13.6. The average molecular weight is 318 g/mol. The summed E-state index contributed by atoms with van der Waals surface area (Å²) in [6, 6.07) is 5.07. The fourth-order valence-electron chi connectivity index (χ4n) is 2.89. The molecule has 2 heterocycles. The predicted molar refractivity (Wildman–Crippen MR) is 84.6 cm³/mol. The van der Waals surface area contributed by atoms with Crippen LogP contribution in [0.4, 0.5) is 4.79 Å². The van der Waals surface area contributed by atoms with E-state index in [-0.39, 0.29) is 11.9 Å². The number of nitrogens with one attached hydrogen (secondary N) is 1. The van der Waals surface area contributed by atoms with Gasteiger partial charge in [-0.15, -0.1) is 0 Å².